The molecule has 0 aromatic heterocycles. The van der Waals surface area contributed by atoms with Gasteiger partial charge in [0.25, 0.3) is 0 Å². The fourth-order valence-corrected chi connectivity index (χ4v) is 9.27. The monoisotopic (exact) mass is 501 g/mol. The summed E-state index contributed by atoms with van der Waals surface area (Å²) in [5, 5.41) is 3.52. The SMILES string of the molecule is COC(=O)CCCNCCC[C@@H](C)[C@H]1CC[C@H]2[C@@H]3CC=C4C[C@@H](OC(C)=O)CC[C@]4(C)[C@H]3CC[C@]12C. The molecular weight excluding hydrogens is 450 g/mol. The second-order valence-electron chi connectivity index (χ2n) is 13.0. The summed E-state index contributed by atoms with van der Waals surface area (Å²) in [7, 11) is 1.46. The van der Waals surface area contributed by atoms with Crippen LogP contribution in [0.1, 0.15) is 105 Å². The number of carbonyl (C=O) groups excluding carboxylic acids is 2. The van der Waals surface area contributed by atoms with E-state index in [0.29, 0.717) is 17.3 Å². The molecule has 3 fully saturated rings. The summed E-state index contributed by atoms with van der Waals surface area (Å²) in [6.45, 7) is 11.2. The largest absolute Gasteiger partial charge is 0.469 e. The third-order valence-electron chi connectivity index (χ3n) is 11.1. The zero-order valence-electron chi connectivity index (χ0n) is 23.6. The van der Waals surface area contributed by atoms with Crippen molar-refractivity contribution in [2.45, 2.75) is 111 Å². The number of allylic oxidation sites excluding steroid dienone is 1. The average molecular weight is 502 g/mol. The Morgan fingerprint density at radius 2 is 1.86 bits per heavy atom. The number of ether oxygens (including phenoxy) is 2. The quantitative estimate of drug-likeness (QED) is 0.211. The van der Waals surface area contributed by atoms with E-state index in [1.165, 1.54) is 58.5 Å². The van der Waals surface area contributed by atoms with Crippen molar-refractivity contribution >= 4 is 11.9 Å². The van der Waals surface area contributed by atoms with Crippen molar-refractivity contribution < 1.29 is 19.1 Å². The van der Waals surface area contributed by atoms with Crippen LogP contribution in [0.2, 0.25) is 0 Å². The van der Waals surface area contributed by atoms with E-state index in [9.17, 15) is 9.59 Å². The smallest absolute Gasteiger partial charge is 0.305 e. The highest BCUT2D eigenvalue weighted by Crippen LogP contribution is 2.67. The van der Waals surface area contributed by atoms with Gasteiger partial charge in [0, 0.05) is 19.8 Å². The molecule has 0 heterocycles. The first-order chi connectivity index (χ1) is 17.2. The summed E-state index contributed by atoms with van der Waals surface area (Å²) >= 11 is 0. The van der Waals surface area contributed by atoms with Crippen LogP contribution in [-0.4, -0.2) is 38.2 Å². The molecule has 8 atom stereocenters. The third-order valence-corrected chi connectivity index (χ3v) is 11.1. The van der Waals surface area contributed by atoms with Crippen molar-refractivity contribution in [2.75, 3.05) is 20.2 Å². The first-order valence-corrected chi connectivity index (χ1v) is 14.8. The number of hydrogen-bond acceptors (Lipinski definition) is 5. The number of carbonyl (C=O) groups is 2. The number of methoxy groups -OCH3 is 1. The van der Waals surface area contributed by atoms with E-state index in [2.05, 4.69) is 32.2 Å². The van der Waals surface area contributed by atoms with E-state index in [-0.39, 0.29) is 18.0 Å². The Morgan fingerprint density at radius 3 is 2.61 bits per heavy atom. The number of hydrogen-bond donors (Lipinski definition) is 1. The zero-order chi connectivity index (χ0) is 25.9. The Labute approximate surface area is 219 Å². The minimum absolute atomic E-state index is 0.0891. The molecule has 0 bridgehead atoms. The lowest BCUT2D eigenvalue weighted by molar-refractivity contribution is -0.148. The van der Waals surface area contributed by atoms with Crippen LogP contribution in [0.5, 0.6) is 0 Å². The van der Waals surface area contributed by atoms with E-state index < -0.39 is 0 Å². The molecule has 0 spiro atoms. The van der Waals surface area contributed by atoms with E-state index in [4.69, 9.17) is 9.47 Å². The van der Waals surface area contributed by atoms with E-state index in [1.807, 2.05) is 0 Å². The van der Waals surface area contributed by atoms with Gasteiger partial charge in [-0.1, -0.05) is 32.4 Å². The van der Waals surface area contributed by atoms with Gasteiger partial charge < -0.3 is 14.8 Å². The molecule has 0 amide bonds. The first-order valence-electron chi connectivity index (χ1n) is 14.8. The van der Waals surface area contributed by atoms with Crippen molar-refractivity contribution in [1.29, 1.82) is 0 Å². The molecule has 204 valence electrons. The van der Waals surface area contributed by atoms with Gasteiger partial charge in [0.2, 0.25) is 0 Å². The average Bonchev–Trinajstić information content (AvgIpc) is 3.20. The zero-order valence-corrected chi connectivity index (χ0v) is 23.6. The molecule has 0 aromatic rings. The Hall–Kier alpha value is -1.36. The third kappa shape index (κ3) is 5.56. The molecule has 4 aliphatic rings. The number of esters is 2. The van der Waals surface area contributed by atoms with Crippen molar-refractivity contribution in [3.63, 3.8) is 0 Å². The summed E-state index contributed by atoms with van der Waals surface area (Å²) in [5.41, 5.74) is 2.39. The summed E-state index contributed by atoms with van der Waals surface area (Å²) in [6, 6.07) is 0. The maximum atomic E-state index is 11.5. The maximum absolute atomic E-state index is 11.5. The lowest BCUT2D eigenvalue weighted by Gasteiger charge is -2.58. The van der Waals surface area contributed by atoms with Gasteiger partial charge in [-0.3, -0.25) is 9.59 Å². The number of nitrogens with one attached hydrogen (secondary N) is 1. The molecule has 3 saturated carbocycles. The predicted molar refractivity (Wildman–Crippen MR) is 143 cm³/mol. The number of rotatable bonds is 10. The van der Waals surface area contributed by atoms with E-state index in [0.717, 1.165) is 61.9 Å². The van der Waals surface area contributed by atoms with Gasteiger partial charge in [-0.05, 0) is 118 Å². The van der Waals surface area contributed by atoms with Crippen LogP contribution >= 0.6 is 0 Å². The summed E-state index contributed by atoms with van der Waals surface area (Å²) in [4.78, 5) is 22.8. The van der Waals surface area contributed by atoms with Crippen molar-refractivity contribution in [1.82, 2.24) is 5.32 Å². The van der Waals surface area contributed by atoms with E-state index in [1.54, 1.807) is 12.5 Å². The van der Waals surface area contributed by atoms with Gasteiger partial charge in [-0.25, -0.2) is 0 Å². The topological polar surface area (TPSA) is 64.6 Å². The van der Waals surface area contributed by atoms with Crippen LogP contribution in [0.3, 0.4) is 0 Å². The lowest BCUT2D eigenvalue weighted by Crippen LogP contribution is -2.51. The molecule has 1 N–H and O–H groups in total. The van der Waals surface area contributed by atoms with Gasteiger partial charge in [0.05, 0.1) is 7.11 Å². The molecule has 5 heteroatoms. The van der Waals surface area contributed by atoms with E-state index >= 15 is 0 Å². The standard InChI is InChI=1S/C31H51NO4/c1-21(8-6-18-32-19-7-9-29(34)35-5)26-12-13-27-25-11-10-23-20-24(36-22(2)33)14-16-30(23,3)28(25)15-17-31(26,27)4/h10,21,24-28,32H,6-9,11-20H2,1-5H3/t21-,24+,25+,26-,27+,28+,30+,31-/m1/s1. The number of fused-ring (bicyclic) bond motifs is 5. The van der Waals surface area contributed by atoms with Crippen molar-refractivity contribution in [2.24, 2.45) is 40.4 Å². The Morgan fingerprint density at radius 1 is 1.08 bits per heavy atom. The van der Waals surface area contributed by atoms with Gasteiger partial charge in [0.15, 0.2) is 0 Å². The normalized spacial score (nSPS) is 38.2. The molecular formula is C31H51NO4. The van der Waals surface area contributed by atoms with Gasteiger partial charge in [-0.15, -0.1) is 0 Å². The van der Waals surface area contributed by atoms with Crippen molar-refractivity contribution in [3.05, 3.63) is 11.6 Å². The molecule has 0 unspecified atom stereocenters. The molecule has 0 aromatic carbocycles. The first kappa shape index (κ1) is 27.7. The fourth-order valence-electron chi connectivity index (χ4n) is 9.27. The van der Waals surface area contributed by atoms with Crippen LogP contribution in [0.15, 0.2) is 11.6 Å². The molecule has 36 heavy (non-hydrogen) atoms. The predicted octanol–water partition coefficient (Wildman–Crippen LogP) is 6.46. The molecule has 0 radical (unpaired) electrons. The van der Waals surface area contributed by atoms with Crippen LogP contribution in [-0.2, 0) is 19.1 Å². The lowest BCUT2D eigenvalue weighted by atomic mass is 9.47. The summed E-state index contributed by atoms with van der Waals surface area (Å²) < 4.78 is 10.3. The second kappa shape index (κ2) is 11.6. The molecule has 5 nitrogen and oxygen atoms in total. The molecule has 0 saturated heterocycles. The Kier molecular flexibility index (Phi) is 8.90. The van der Waals surface area contributed by atoms with Gasteiger partial charge in [0.1, 0.15) is 6.10 Å². The van der Waals surface area contributed by atoms with Crippen LogP contribution in [0, 0.1) is 40.4 Å². The second-order valence-corrected chi connectivity index (χ2v) is 13.0. The maximum Gasteiger partial charge on any atom is 0.305 e. The highest BCUT2D eigenvalue weighted by Gasteiger charge is 2.59. The van der Waals surface area contributed by atoms with Crippen LogP contribution < -0.4 is 5.32 Å². The van der Waals surface area contributed by atoms with Crippen LogP contribution in [0.25, 0.3) is 0 Å². The molecule has 0 aliphatic heterocycles. The van der Waals surface area contributed by atoms with Gasteiger partial charge >= 0.3 is 11.9 Å². The minimum Gasteiger partial charge on any atom is -0.469 e. The van der Waals surface area contributed by atoms with Gasteiger partial charge in [-0.2, -0.15) is 0 Å². The summed E-state index contributed by atoms with van der Waals surface area (Å²) in [5.74, 6) is 3.87. The Bertz CT molecular complexity index is 823. The fraction of sp³-hybridized carbons (Fsp3) is 0.871. The molecule has 4 rings (SSSR count). The highest BCUT2D eigenvalue weighted by molar-refractivity contribution is 5.69. The highest BCUT2D eigenvalue weighted by atomic mass is 16.5. The van der Waals surface area contributed by atoms with Crippen molar-refractivity contribution in [3.8, 4) is 0 Å². The summed E-state index contributed by atoms with van der Waals surface area (Å²) in [6.07, 6.45) is 16.5. The Balaban J connectivity index is 1.30. The molecule has 4 aliphatic carbocycles. The minimum atomic E-state index is -0.133. The van der Waals surface area contributed by atoms with Crippen LogP contribution in [0.4, 0.5) is 0 Å².